The van der Waals surface area contributed by atoms with Crippen LogP contribution in [0.5, 0.6) is 0 Å². The maximum atomic E-state index is 13.7. The topological polar surface area (TPSA) is 222 Å². The Morgan fingerprint density at radius 3 is 2.05 bits per heavy atom. The van der Waals surface area contributed by atoms with Gasteiger partial charge in [-0.3, -0.25) is 29.4 Å². The molecule has 0 fully saturated rings. The number of benzene rings is 2. The smallest absolute Gasteiger partial charge is 0.243 e. The summed E-state index contributed by atoms with van der Waals surface area (Å²) >= 11 is 0. The molecule has 0 radical (unpaired) electrons. The number of Topliss-reactive ketones (excluding diaryl/α,β-unsaturated/α-hetero) is 1. The van der Waals surface area contributed by atoms with Gasteiger partial charge in [0.05, 0.1) is 17.4 Å². The molecule has 236 valence electrons. The van der Waals surface area contributed by atoms with Crippen LogP contribution in [0.4, 0.5) is 5.69 Å². The molecule has 3 atom stereocenters. The number of hydrogen-bond donors (Lipinski definition) is 7. The highest BCUT2D eigenvalue weighted by molar-refractivity contribution is 6.41. The zero-order valence-electron chi connectivity index (χ0n) is 25.3. The number of carbonyl (C=O) groups excluding carboxylic acids is 5. The summed E-state index contributed by atoms with van der Waals surface area (Å²) in [6.45, 7) is 4.97. The highest BCUT2D eigenvalue weighted by Gasteiger charge is 2.30. The summed E-state index contributed by atoms with van der Waals surface area (Å²) < 4.78 is 0. The molecule has 0 saturated heterocycles. The van der Waals surface area contributed by atoms with Crippen LogP contribution < -0.4 is 32.7 Å². The number of hydrogen-bond acceptors (Lipinski definition) is 7. The molecular formula is C31H42N8O5. The third kappa shape index (κ3) is 12.4. The van der Waals surface area contributed by atoms with E-state index >= 15 is 0 Å². The molecular weight excluding hydrogens is 564 g/mol. The number of para-hydroxylation sites is 1. The Kier molecular flexibility index (Phi) is 14.2. The quantitative estimate of drug-likeness (QED) is 0.0782. The van der Waals surface area contributed by atoms with E-state index in [1.165, 1.54) is 6.92 Å². The van der Waals surface area contributed by atoms with Crippen molar-refractivity contribution in [2.24, 2.45) is 16.5 Å². The predicted octanol–water partition coefficient (Wildman–Crippen LogP) is 0.902. The third-order valence-electron chi connectivity index (χ3n) is 6.67. The Morgan fingerprint density at radius 1 is 0.818 bits per heavy atom. The summed E-state index contributed by atoms with van der Waals surface area (Å²) in [6.07, 6.45) is 0.466. The number of ketones is 1. The highest BCUT2D eigenvalue weighted by atomic mass is 16.2. The number of amides is 4. The maximum Gasteiger partial charge on any atom is 0.243 e. The van der Waals surface area contributed by atoms with E-state index in [9.17, 15) is 24.0 Å². The SMILES string of the molecule is CC(=O)N[C@@H](CCC(N)=O)C(=O)N[C@@H](Cc1ccccc1)C(=O)N[C@@H](CCCNC(=N)N)C(=O)/C(C)=N/c1ccccc1C. The number of rotatable bonds is 17. The van der Waals surface area contributed by atoms with Crippen LogP contribution >= 0.6 is 0 Å². The molecule has 0 aromatic heterocycles. The fraction of sp³-hybridized carbons (Fsp3) is 0.387. The molecule has 0 heterocycles. The number of aryl methyl sites for hydroxylation is 1. The molecule has 9 N–H and O–H groups in total. The van der Waals surface area contributed by atoms with Gasteiger partial charge in [0, 0.05) is 26.3 Å². The summed E-state index contributed by atoms with van der Waals surface area (Å²) in [7, 11) is 0. The number of aliphatic imine (C=N–C) groups is 1. The highest BCUT2D eigenvalue weighted by Crippen LogP contribution is 2.18. The predicted molar refractivity (Wildman–Crippen MR) is 168 cm³/mol. The molecule has 13 heteroatoms. The van der Waals surface area contributed by atoms with Crippen LogP contribution in [0.25, 0.3) is 0 Å². The molecule has 0 aliphatic heterocycles. The molecule has 0 unspecified atom stereocenters. The van der Waals surface area contributed by atoms with Crippen LogP contribution in [0, 0.1) is 12.3 Å². The minimum Gasteiger partial charge on any atom is -0.370 e. The standard InChI is InChI=1S/C31H42N8O5/c1-19-10-7-8-13-23(19)36-20(2)28(42)24(14-9-17-35-31(33)34)38-30(44)26(18-22-11-5-4-6-12-22)39-29(43)25(37-21(3)40)15-16-27(32)41/h4-8,10-13,24-26H,9,14-18H2,1-3H3,(H2,32,41)(H,37,40)(H,38,44)(H,39,43)(H4,33,34,35)/b36-20+/t24-,25-,26-/m0/s1. The van der Waals surface area contributed by atoms with Crippen molar-refractivity contribution in [3.63, 3.8) is 0 Å². The summed E-state index contributed by atoms with van der Waals surface area (Å²) in [4.78, 5) is 68.2. The normalized spacial score (nSPS) is 13.1. The first-order chi connectivity index (χ1) is 20.9. The number of primary amides is 1. The molecule has 0 aliphatic rings. The van der Waals surface area contributed by atoms with Crippen molar-refractivity contribution >= 4 is 46.8 Å². The number of guanidine groups is 1. The molecule has 0 aliphatic carbocycles. The molecule has 13 nitrogen and oxygen atoms in total. The van der Waals surface area contributed by atoms with Crippen LogP contribution in [0.3, 0.4) is 0 Å². The number of nitrogens with zero attached hydrogens (tertiary/aromatic N) is 1. The van der Waals surface area contributed by atoms with Gasteiger partial charge in [0.15, 0.2) is 11.7 Å². The first kappa shape index (κ1) is 35.1. The van der Waals surface area contributed by atoms with E-state index in [1.807, 2.05) is 31.2 Å². The lowest BCUT2D eigenvalue weighted by Gasteiger charge is -2.25. The zero-order valence-corrected chi connectivity index (χ0v) is 25.3. The van der Waals surface area contributed by atoms with Crippen molar-refractivity contribution in [1.82, 2.24) is 21.3 Å². The van der Waals surface area contributed by atoms with Crippen molar-refractivity contribution in [3.05, 3.63) is 65.7 Å². The largest absolute Gasteiger partial charge is 0.370 e. The second-order valence-corrected chi connectivity index (χ2v) is 10.4. The summed E-state index contributed by atoms with van der Waals surface area (Å²) in [6, 6.07) is 13.1. The van der Waals surface area contributed by atoms with Crippen molar-refractivity contribution in [1.29, 1.82) is 5.41 Å². The first-order valence-corrected chi connectivity index (χ1v) is 14.3. The molecule has 0 bridgehead atoms. The molecule has 2 aromatic rings. The van der Waals surface area contributed by atoms with Gasteiger partial charge in [0.2, 0.25) is 23.6 Å². The van der Waals surface area contributed by atoms with Crippen molar-refractivity contribution in [2.75, 3.05) is 6.54 Å². The Hall–Kier alpha value is -5.07. The van der Waals surface area contributed by atoms with Gasteiger partial charge in [-0.15, -0.1) is 0 Å². The van der Waals surface area contributed by atoms with E-state index in [2.05, 4.69) is 26.3 Å². The van der Waals surface area contributed by atoms with Crippen LogP contribution in [0.2, 0.25) is 0 Å². The summed E-state index contributed by atoms with van der Waals surface area (Å²) in [5.74, 6) is -3.07. The third-order valence-corrected chi connectivity index (χ3v) is 6.67. The first-order valence-electron chi connectivity index (χ1n) is 14.3. The molecule has 2 rings (SSSR count). The van der Waals surface area contributed by atoms with Gasteiger partial charge in [0.1, 0.15) is 12.1 Å². The lowest BCUT2D eigenvalue weighted by Crippen LogP contribution is -2.56. The number of carbonyl (C=O) groups is 5. The fourth-order valence-electron chi connectivity index (χ4n) is 4.38. The van der Waals surface area contributed by atoms with Gasteiger partial charge in [0.25, 0.3) is 0 Å². The molecule has 4 amide bonds. The van der Waals surface area contributed by atoms with Gasteiger partial charge in [-0.2, -0.15) is 0 Å². The Balaban J connectivity index is 2.35. The van der Waals surface area contributed by atoms with Crippen molar-refractivity contribution < 1.29 is 24.0 Å². The molecule has 0 saturated carbocycles. The number of nitrogens with one attached hydrogen (secondary N) is 5. The van der Waals surface area contributed by atoms with E-state index in [4.69, 9.17) is 16.9 Å². The van der Waals surface area contributed by atoms with Crippen LogP contribution in [-0.2, 0) is 30.4 Å². The van der Waals surface area contributed by atoms with Crippen LogP contribution in [0.15, 0.2) is 59.6 Å². The molecule has 44 heavy (non-hydrogen) atoms. The van der Waals surface area contributed by atoms with Gasteiger partial charge < -0.3 is 32.7 Å². The minimum absolute atomic E-state index is 0.0563. The van der Waals surface area contributed by atoms with Gasteiger partial charge in [-0.25, -0.2) is 4.99 Å². The zero-order chi connectivity index (χ0) is 32.6. The lowest BCUT2D eigenvalue weighted by atomic mass is 10.00. The lowest BCUT2D eigenvalue weighted by molar-refractivity contribution is -0.133. The second-order valence-electron chi connectivity index (χ2n) is 10.4. The van der Waals surface area contributed by atoms with Gasteiger partial charge >= 0.3 is 0 Å². The van der Waals surface area contributed by atoms with Gasteiger partial charge in [-0.05, 0) is 50.3 Å². The number of nitrogens with two attached hydrogens (primary N) is 2. The Morgan fingerprint density at radius 2 is 1.43 bits per heavy atom. The van der Waals surface area contributed by atoms with Crippen molar-refractivity contribution in [2.45, 2.75) is 71.0 Å². The van der Waals surface area contributed by atoms with Crippen LogP contribution in [-0.4, -0.2) is 65.8 Å². The van der Waals surface area contributed by atoms with Crippen molar-refractivity contribution in [3.8, 4) is 0 Å². The van der Waals surface area contributed by atoms with Gasteiger partial charge in [-0.1, -0.05) is 48.5 Å². The second kappa shape index (κ2) is 17.8. The Labute approximate surface area is 257 Å². The van der Waals surface area contributed by atoms with E-state index in [0.29, 0.717) is 18.7 Å². The van der Waals surface area contributed by atoms with E-state index in [1.54, 1.807) is 37.3 Å². The summed E-state index contributed by atoms with van der Waals surface area (Å²) in [5, 5.41) is 18.0. The van der Waals surface area contributed by atoms with E-state index in [0.717, 1.165) is 11.1 Å². The van der Waals surface area contributed by atoms with E-state index in [-0.39, 0.29) is 37.4 Å². The minimum atomic E-state index is -1.13. The monoisotopic (exact) mass is 606 g/mol. The maximum absolute atomic E-state index is 13.7. The average molecular weight is 607 g/mol. The Bertz CT molecular complexity index is 1360. The van der Waals surface area contributed by atoms with E-state index < -0.39 is 47.5 Å². The molecule has 0 spiro atoms. The summed E-state index contributed by atoms with van der Waals surface area (Å²) in [5.41, 5.74) is 13.0. The molecule has 2 aromatic carbocycles. The average Bonchev–Trinajstić information content (AvgIpc) is 2.97. The van der Waals surface area contributed by atoms with Crippen LogP contribution in [0.1, 0.15) is 50.7 Å². The fourth-order valence-corrected chi connectivity index (χ4v) is 4.38.